The van der Waals surface area contributed by atoms with Crippen LogP contribution in [0, 0.1) is 83.1 Å². The van der Waals surface area contributed by atoms with Crippen molar-refractivity contribution >= 4 is 42.5 Å². The zero-order valence-corrected chi connectivity index (χ0v) is 37.5. The monoisotopic (exact) mass is 711 g/mol. The van der Waals surface area contributed by atoms with Crippen molar-refractivity contribution in [3.63, 3.8) is 0 Å². The van der Waals surface area contributed by atoms with E-state index in [1.807, 2.05) is 9.24 Å². The first kappa shape index (κ1) is 41.4. The second kappa shape index (κ2) is 15.1. The highest BCUT2D eigenvalue weighted by Gasteiger charge is 2.39. The summed E-state index contributed by atoms with van der Waals surface area (Å²) in [6, 6.07) is 26.2. The molecule has 0 amide bonds. The van der Waals surface area contributed by atoms with E-state index in [4.69, 9.17) is 0 Å². The van der Waals surface area contributed by atoms with Crippen LogP contribution in [0.25, 0.3) is 0 Å². The quantitative estimate of drug-likeness (QED) is 0.129. The van der Waals surface area contributed by atoms with Gasteiger partial charge in [-0.05, 0) is 117 Å². The topological polar surface area (TPSA) is 0 Å². The molecule has 0 spiro atoms. The molecule has 0 radical (unpaired) electrons. The van der Waals surface area contributed by atoms with Gasteiger partial charge in [0.15, 0.2) is 0 Å². The lowest BCUT2D eigenvalue weighted by Gasteiger charge is -2.51. The van der Waals surface area contributed by atoms with Crippen molar-refractivity contribution in [1.29, 1.82) is 0 Å². The first-order valence-corrected chi connectivity index (χ1v) is 20.1. The molecule has 1 unspecified atom stereocenters. The first-order chi connectivity index (χ1) is 23.9. The van der Waals surface area contributed by atoms with Gasteiger partial charge in [-0.15, -0.1) is 0 Å². The number of benzene rings is 5. The van der Waals surface area contributed by atoms with Crippen molar-refractivity contribution in [3.05, 3.63) is 145 Å². The Morgan fingerprint density at radius 3 is 0.692 bits per heavy atom. The minimum atomic E-state index is -1.48. The Kier molecular flexibility index (Phi) is 12.0. The summed E-state index contributed by atoms with van der Waals surface area (Å²) >= 11 is 0. The summed E-state index contributed by atoms with van der Waals surface area (Å²) in [5, 5.41) is 1.40. The van der Waals surface area contributed by atoms with Gasteiger partial charge in [-0.2, -0.15) is 21.9 Å². The molecule has 0 aliphatic carbocycles. The van der Waals surface area contributed by atoms with Crippen LogP contribution in [0.15, 0.2) is 66.7 Å². The van der Waals surface area contributed by atoms with Gasteiger partial charge in [-0.3, -0.25) is 0 Å². The molecule has 276 valence electrons. The van der Waals surface area contributed by atoms with Crippen LogP contribution < -0.4 is 27.2 Å². The summed E-state index contributed by atoms with van der Waals surface area (Å²) < 4.78 is 0. The van der Waals surface area contributed by atoms with Crippen molar-refractivity contribution in [2.45, 2.75) is 135 Å². The molecule has 0 saturated carbocycles. The molecule has 5 aromatic rings. The second-order valence-electron chi connectivity index (χ2n) is 18.5. The maximum Gasteiger partial charge on any atom is 0.110 e. The summed E-state index contributed by atoms with van der Waals surface area (Å²) in [4.78, 5) is 0. The van der Waals surface area contributed by atoms with E-state index in [0.717, 1.165) is 0 Å². The lowest BCUT2D eigenvalue weighted by molar-refractivity contribution is 0.569. The summed E-state index contributed by atoms with van der Waals surface area (Å²) in [6.45, 7) is 41.2. The van der Waals surface area contributed by atoms with E-state index in [2.05, 4.69) is 191 Å². The van der Waals surface area contributed by atoms with Gasteiger partial charge in [-0.1, -0.05) is 163 Å². The second-order valence-corrected chi connectivity index (χ2v) is 19.4. The number of rotatable bonds is 4. The summed E-state index contributed by atoms with van der Waals surface area (Å²) in [6.07, 6.45) is -1.48. The highest BCUT2D eigenvalue weighted by molar-refractivity contribution is 7.27. The zero-order chi connectivity index (χ0) is 39.2. The molecule has 52 heavy (non-hydrogen) atoms. The third-order valence-corrected chi connectivity index (χ3v) is 11.8. The summed E-state index contributed by atoms with van der Waals surface area (Å²) in [7, 11) is 1.98. The minimum Gasteiger partial charge on any atom is -0.189 e. The Labute approximate surface area is 321 Å². The van der Waals surface area contributed by atoms with Crippen molar-refractivity contribution in [2.24, 2.45) is 0 Å². The van der Waals surface area contributed by atoms with Gasteiger partial charge in [0.1, 0.15) is 6.15 Å². The molecular weight excluding hydrogens is 642 g/mol. The molecule has 0 N–H and O–H groups in total. The van der Waals surface area contributed by atoms with Gasteiger partial charge in [0, 0.05) is 9.24 Å². The lowest BCUT2D eigenvalue weighted by Crippen LogP contribution is -2.78. The van der Waals surface area contributed by atoms with Crippen LogP contribution in [-0.2, 0) is 10.8 Å². The van der Waals surface area contributed by atoms with E-state index >= 15 is 0 Å². The molecule has 0 aromatic heterocycles. The largest absolute Gasteiger partial charge is 0.189 e. The normalized spacial score (nSPS) is 12.2. The molecule has 0 nitrogen and oxygen atoms in total. The van der Waals surface area contributed by atoms with E-state index in [9.17, 15) is 0 Å². The van der Waals surface area contributed by atoms with Crippen LogP contribution in [0.5, 0.6) is 0 Å². The standard InChI is InChI=1S/C36H44B.C14H23P/c1-21-13-25(5)33(26(6)14-21)37(34-27(7)15-22(2)16-28(34)8,35-29(9)17-23(3)18-30(35)10)36-31(11)19-24(4)20-32(36)12;1-13(2,3)10-7-11(14(4,5)6)9-12(15)8-10/h13-20H,1-12H3;7-9H,15H2,1-6H3/q-1;/p+1. The Hall–Kier alpha value is -3.41. The van der Waals surface area contributed by atoms with Gasteiger partial charge >= 0.3 is 0 Å². The smallest absolute Gasteiger partial charge is 0.110 e. The van der Waals surface area contributed by atoms with Gasteiger partial charge < -0.3 is 0 Å². The molecule has 0 aliphatic heterocycles. The molecule has 2 heteroatoms. The fourth-order valence-corrected chi connectivity index (χ4v) is 10.4. The maximum atomic E-state index is 2.40. The van der Waals surface area contributed by atoms with Crippen molar-refractivity contribution in [3.8, 4) is 0 Å². The van der Waals surface area contributed by atoms with Crippen LogP contribution in [0.3, 0.4) is 0 Å². The fourth-order valence-electron chi connectivity index (χ4n) is 9.92. The SMILES string of the molecule is CC(C)(C)c1cc([PH3+])cc(C(C)(C)C)c1.Cc1cc(C)c([B-](c2c(C)cc(C)cc2C)(c2c(C)cc(C)cc2C)c2c(C)cc(C)cc2C)c(C)c1. The van der Waals surface area contributed by atoms with Gasteiger partial charge in [-0.25, -0.2) is 0 Å². The molecule has 0 heterocycles. The molecule has 5 rings (SSSR count). The summed E-state index contributed by atoms with van der Waals surface area (Å²) in [5.41, 5.74) is 25.7. The van der Waals surface area contributed by atoms with Gasteiger partial charge in [0.25, 0.3) is 0 Å². The minimum absolute atomic E-state index is 0.247. The van der Waals surface area contributed by atoms with Crippen LogP contribution in [0.2, 0.25) is 0 Å². The lowest BCUT2D eigenvalue weighted by atomic mass is 9.10. The maximum absolute atomic E-state index is 2.40. The van der Waals surface area contributed by atoms with Crippen LogP contribution >= 0.6 is 9.24 Å². The van der Waals surface area contributed by atoms with Crippen LogP contribution in [0.4, 0.5) is 0 Å². The molecule has 1 atom stereocenters. The third kappa shape index (κ3) is 8.21. The van der Waals surface area contributed by atoms with E-state index in [1.54, 1.807) is 0 Å². The van der Waals surface area contributed by atoms with Crippen molar-refractivity contribution in [2.75, 3.05) is 0 Å². The highest BCUT2D eigenvalue weighted by atomic mass is 31.0. The predicted molar refractivity (Wildman–Crippen MR) is 241 cm³/mol. The molecular formula is C50H68BP. The van der Waals surface area contributed by atoms with E-state index in [1.165, 1.54) is 105 Å². The Morgan fingerprint density at radius 1 is 0.327 bits per heavy atom. The average Bonchev–Trinajstić information content (AvgIpc) is 2.94. The Bertz CT molecular complexity index is 1770. The molecule has 5 aromatic carbocycles. The van der Waals surface area contributed by atoms with Gasteiger partial charge in [0.2, 0.25) is 0 Å². The van der Waals surface area contributed by atoms with Crippen molar-refractivity contribution in [1.82, 2.24) is 0 Å². The van der Waals surface area contributed by atoms with E-state index in [0.29, 0.717) is 0 Å². The fraction of sp³-hybridized carbons (Fsp3) is 0.400. The van der Waals surface area contributed by atoms with Crippen molar-refractivity contribution < 1.29 is 0 Å². The molecule has 0 saturated heterocycles. The number of hydrogen-bond donors (Lipinski definition) is 0. The van der Waals surface area contributed by atoms with Crippen LogP contribution in [-0.4, -0.2) is 6.15 Å². The molecule has 0 bridgehead atoms. The first-order valence-electron chi connectivity index (χ1n) is 19.4. The van der Waals surface area contributed by atoms with Gasteiger partial charge in [0.05, 0.1) is 5.30 Å². The third-order valence-electron chi connectivity index (χ3n) is 11.4. The molecule has 0 fully saturated rings. The Morgan fingerprint density at radius 2 is 0.519 bits per heavy atom. The number of aryl methyl sites for hydroxylation is 12. The number of hydrogen-bond acceptors (Lipinski definition) is 0. The average molecular weight is 711 g/mol. The highest BCUT2D eigenvalue weighted by Crippen LogP contribution is 2.29. The zero-order valence-electron chi connectivity index (χ0n) is 36.1. The summed E-state index contributed by atoms with van der Waals surface area (Å²) in [5.74, 6) is 0. The van der Waals surface area contributed by atoms with Crippen LogP contribution in [0.1, 0.15) is 119 Å². The van der Waals surface area contributed by atoms with E-state index < -0.39 is 6.15 Å². The molecule has 0 aliphatic rings. The van der Waals surface area contributed by atoms with E-state index in [-0.39, 0.29) is 10.8 Å². The predicted octanol–water partition coefficient (Wildman–Crippen LogP) is 10.3. The Balaban J connectivity index is 0.000000338.